The zero-order chi connectivity index (χ0) is 13.2. The topological polar surface area (TPSA) is 58.2 Å². The molecule has 0 bridgehead atoms. The molecule has 18 heavy (non-hydrogen) atoms. The molecule has 0 spiro atoms. The normalized spacial score (nSPS) is 18.6. The van der Waals surface area contributed by atoms with Gasteiger partial charge < -0.3 is 5.32 Å². The van der Waals surface area contributed by atoms with Gasteiger partial charge in [-0.15, -0.1) is 11.3 Å². The summed E-state index contributed by atoms with van der Waals surface area (Å²) in [4.78, 5) is 1.42. The van der Waals surface area contributed by atoms with Crippen LogP contribution in [0, 0.1) is 5.41 Å². The van der Waals surface area contributed by atoms with Crippen LogP contribution in [0.3, 0.4) is 0 Å². The number of rotatable bonds is 6. The van der Waals surface area contributed by atoms with E-state index in [-0.39, 0.29) is 5.41 Å². The zero-order valence-corrected chi connectivity index (χ0v) is 12.5. The van der Waals surface area contributed by atoms with Gasteiger partial charge in [-0.2, -0.15) is 0 Å². The predicted molar refractivity (Wildman–Crippen MR) is 74.2 cm³/mol. The summed E-state index contributed by atoms with van der Waals surface area (Å²) in [5.74, 6) is 0. The highest BCUT2D eigenvalue weighted by atomic mass is 32.2. The summed E-state index contributed by atoms with van der Waals surface area (Å²) in [6.45, 7) is 3.39. The maximum Gasteiger partial charge on any atom is 0.241 e. The second-order valence-electron chi connectivity index (χ2n) is 5.27. The van der Waals surface area contributed by atoms with Gasteiger partial charge in [0.2, 0.25) is 10.0 Å². The Hall–Kier alpha value is -0.430. The van der Waals surface area contributed by atoms with E-state index in [0.29, 0.717) is 18.0 Å². The summed E-state index contributed by atoms with van der Waals surface area (Å²) < 4.78 is 27.0. The van der Waals surface area contributed by atoms with Crippen LogP contribution in [0.2, 0.25) is 0 Å². The highest BCUT2D eigenvalue weighted by molar-refractivity contribution is 7.89. The van der Waals surface area contributed by atoms with Crippen molar-refractivity contribution in [1.82, 2.24) is 10.0 Å². The standard InChI is InChI=1S/C12H20N2O2S2/c1-12(4-3-5-12)9-14-18(15,16)11-6-10(7-13-2)17-8-11/h6,8,13-14H,3-5,7,9H2,1-2H3. The highest BCUT2D eigenvalue weighted by Gasteiger charge is 2.33. The van der Waals surface area contributed by atoms with Gasteiger partial charge in [-0.05, 0) is 31.4 Å². The summed E-state index contributed by atoms with van der Waals surface area (Å²) in [6.07, 6.45) is 3.44. The van der Waals surface area contributed by atoms with Crippen molar-refractivity contribution in [3.63, 3.8) is 0 Å². The van der Waals surface area contributed by atoms with E-state index in [2.05, 4.69) is 17.0 Å². The molecule has 6 heteroatoms. The molecule has 0 aliphatic heterocycles. The Kier molecular flexibility index (Phi) is 4.11. The molecule has 4 nitrogen and oxygen atoms in total. The molecule has 102 valence electrons. The minimum Gasteiger partial charge on any atom is -0.315 e. The van der Waals surface area contributed by atoms with E-state index < -0.39 is 10.0 Å². The summed E-state index contributed by atoms with van der Waals surface area (Å²) in [7, 11) is -1.48. The summed E-state index contributed by atoms with van der Waals surface area (Å²) >= 11 is 1.47. The van der Waals surface area contributed by atoms with Crippen LogP contribution in [-0.4, -0.2) is 22.0 Å². The third-order valence-corrected chi connectivity index (χ3v) is 6.01. The quantitative estimate of drug-likeness (QED) is 0.841. The molecule has 0 saturated heterocycles. The summed E-state index contributed by atoms with van der Waals surface area (Å²) in [5.41, 5.74) is 0.164. The van der Waals surface area contributed by atoms with Crippen molar-refractivity contribution in [2.45, 2.75) is 37.6 Å². The van der Waals surface area contributed by atoms with Crippen molar-refractivity contribution in [1.29, 1.82) is 0 Å². The van der Waals surface area contributed by atoms with Gasteiger partial charge in [-0.3, -0.25) is 0 Å². The van der Waals surface area contributed by atoms with E-state index in [9.17, 15) is 8.42 Å². The minimum absolute atomic E-state index is 0.164. The molecule has 1 aromatic heterocycles. The molecule has 1 fully saturated rings. The van der Waals surface area contributed by atoms with E-state index >= 15 is 0 Å². The molecular weight excluding hydrogens is 268 g/mol. The number of hydrogen-bond acceptors (Lipinski definition) is 4. The molecule has 1 aromatic rings. The SMILES string of the molecule is CNCc1cc(S(=O)(=O)NCC2(C)CCC2)cs1. The first-order valence-corrected chi connectivity index (χ1v) is 8.53. The molecule has 1 aliphatic rings. The number of thiophene rings is 1. The van der Waals surface area contributed by atoms with Gasteiger partial charge in [0, 0.05) is 23.3 Å². The average Bonchev–Trinajstić information content (AvgIpc) is 2.74. The average molecular weight is 288 g/mol. The molecule has 0 radical (unpaired) electrons. The van der Waals surface area contributed by atoms with Gasteiger partial charge >= 0.3 is 0 Å². The van der Waals surface area contributed by atoms with E-state index in [4.69, 9.17) is 0 Å². The zero-order valence-electron chi connectivity index (χ0n) is 10.8. The Morgan fingerprint density at radius 3 is 2.72 bits per heavy atom. The first-order valence-electron chi connectivity index (χ1n) is 6.17. The lowest BCUT2D eigenvalue weighted by Gasteiger charge is -2.38. The van der Waals surface area contributed by atoms with Gasteiger partial charge in [-0.1, -0.05) is 13.3 Å². The molecule has 0 amide bonds. The van der Waals surface area contributed by atoms with Crippen LogP contribution in [0.5, 0.6) is 0 Å². The second-order valence-corrected chi connectivity index (χ2v) is 8.03. The fourth-order valence-electron chi connectivity index (χ4n) is 2.08. The lowest BCUT2D eigenvalue weighted by molar-refractivity contribution is 0.166. The first-order chi connectivity index (χ1) is 8.45. The van der Waals surface area contributed by atoms with Gasteiger partial charge in [0.05, 0.1) is 4.90 Å². The molecule has 1 aliphatic carbocycles. The lowest BCUT2D eigenvalue weighted by atomic mass is 9.71. The largest absolute Gasteiger partial charge is 0.315 e. The molecule has 0 atom stereocenters. The summed E-state index contributed by atoms with van der Waals surface area (Å²) in [6, 6.07) is 1.74. The third-order valence-electron chi connectivity index (χ3n) is 3.54. The van der Waals surface area contributed by atoms with Crippen molar-refractivity contribution in [3.05, 3.63) is 16.3 Å². The van der Waals surface area contributed by atoms with Gasteiger partial charge in [0.1, 0.15) is 0 Å². The monoisotopic (exact) mass is 288 g/mol. The second kappa shape index (κ2) is 5.28. The third kappa shape index (κ3) is 3.12. The number of sulfonamides is 1. The van der Waals surface area contributed by atoms with Crippen LogP contribution in [0.25, 0.3) is 0 Å². The predicted octanol–water partition coefficient (Wildman–Crippen LogP) is 1.94. The van der Waals surface area contributed by atoms with Gasteiger partial charge in [0.15, 0.2) is 0 Å². The van der Waals surface area contributed by atoms with Crippen LogP contribution in [0.1, 0.15) is 31.1 Å². The van der Waals surface area contributed by atoms with Crippen LogP contribution >= 0.6 is 11.3 Å². The lowest BCUT2D eigenvalue weighted by Crippen LogP contribution is -2.39. The molecule has 2 N–H and O–H groups in total. The summed E-state index contributed by atoms with van der Waals surface area (Å²) in [5, 5.41) is 4.72. The van der Waals surface area contributed by atoms with Gasteiger partial charge in [0.25, 0.3) is 0 Å². The van der Waals surface area contributed by atoms with Gasteiger partial charge in [-0.25, -0.2) is 13.1 Å². The van der Waals surface area contributed by atoms with E-state index in [1.807, 2.05) is 7.05 Å². The Bertz CT molecular complexity index is 504. The van der Waals surface area contributed by atoms with Crippen molar-refractivity contribution >= 4 is 21.4 Å². The Morgan fingerprint density at radius 2 is 2.17 bits per heavy atom. The Morgan fingerprint density at radius 1 is 1.44 bits per heavy atom. The van der Waals surface area contributed by atoms with Crippen LogP contribution < -0.4 is 10.0 Å². The molecule has 1 saturated carbocycles. The Balaban J connectivity index is 2.00. The van der Waals surface area contributed by atoms with Crippen LogP contribution in [0.4, 0.5) is 0 Å². The highest BCUT2D eigenvalue weighted by Crippen LogP contribution is 2.39. The molecule has 0 aromatic carbocycles. The molecule has 1 heterocycles. The molecular formula is C12H20N2O2S2. The van der Waals surface area contributed by atoms with E-state index in [1.54, 1.807) is 11.4 Å². The van der Waals surface area contributed by atoms with E-state index in [0.717, 1.165) is 17.7 Å². The minimum atomic E-state index is -3.33. The van der Waals surface area contributed by atoms with Crippen molar-refractivity contribution in [2.75, 3.05) is 13.6 Å². The Labute approximate surface area is 113 Å². The molecule has 0 unspecified atom stereocenters. The number of nitrogens with one attached hydrogen (secondary N) is 2. The van der Waals surface area contributed by atoms with Crippen LogP contribution in [-0.2, 0) is 16.6 Å². The molecule has 2 rings (SSSR count). The maximum absolute atomic E-state index is 12.1. The van der Waals surface area contributed by atoms with Crippen molar-refractivity contribution < 1.29 is 8.42 Å². The number of hydrogen-bond donors (Lipinski definition) is 2. The first kappa shape index (κ1) is 14.0. The smallest absolute Gasteiger partial charge is 0.241 e. The van der Waals surface area contributed by atoms with Crippen LogP contribution in [0.15, 0.2) is 16.3 Å². The van der Waals surface area contributed by atoms with Crippen molar-refractivity contribution in [2.24, 2.45) is 5.41 Å². The van der Waals surface area contributed by atoms with E-state index in [1.165, 1.54) is 17.8 Å². The fourth-order valence-corrected chi connectivity index (χ4v) is 4.56. The fraction of sp³-hybridized carbons (Fsp3) is 0.667. The van der Waals surface area contributed by atoms with Crippen molar-refractivity contribution in [3.8, 4) is 0 Å². The maximum atomic E-state index is 12.1.